The van der Waals surface area contributed by atoms with Gasteiger partial charge in [-0.2, -0.15) is 0 Å². The number of benzene rings is 3. The standard InChI is InChI=1S/C39H52F2N2O2/c1-38(2,3)34-23-30(24-35(36(34)45-7)39(4,5)6)37(44)43-22-20-27(26-43)25-42-21-10-8-9-11-33(28-12-16-31(40)17-13-28)29-14-18-32(41)19-15-29/h12-19,23-24,27,33,42H,8-11,20-22,25-26H2,1-7H3/t27-/m0/s1. The molecular formula is C39H52F2N2O2. The number of likely N-dealkylation sites (tertiary alicyclic amines) is 1. The Hall–Kier alpha value is -3.25. The van der Waals surface area contributed by atoms with Crippen LogP contribution in [0.25, 0.3) is 0 Å². The number of hydrogen-bond acceptors (Lipinski definition) is 3. The number of hydrogen-bond donors (Lipinski definition) is 1. The van der Waals surface area contributed by atoms with Gasteiger partial charge in [-0.15, -0.1) is 0 Å². The number of nitrogens with zero attached hydrogens (tertiary/aromatic N) is 1. The van der Waals surface area contributed by atoms with Crippen LogP contribution in [0, 0.1) is 17.6 Å². The van der Waals surface area contributed by atoms with Gasteiger partial charge in [0.05, 0.1) is 7.11 Å². The molecule has 6 heteroatoms. The van der Waals surface area contributed by atoms with E-state index in [2.05, 4.69) is 46.9 Å². The lowest BCUT2D eigenvalue weighted by atomic mass is 9.78. The Morgan fingerprint density at radius 2 is 1.40 bits per heavy atom. The van der Waals surface area contributed by atoms with Crippen molar-refractivity contribution in [2.24, 2.45) is 5.92 Å². The summed E-state index contributed by atoms with van der Waals surface area (Å²) < 4.78 is 33.0. The molecule has 1 aliphatic heterocycles. The Kier molecular flexibility index (Phi) is 11.5. The highest BCUT2D eigenvalue weighted by Crippen LogP contribution is 2.41. The van der Waals surface area contributed by atoms with Crippen LogP contribution < -0.4 is 10.1 Å². The Morgan fingerprint density at radius 1 is 0.867 bits per heavy atom. The lowest BCUT2D eigenvalue weighted by Gasteiger charge is -2.30. The Labute approximate surface area is 269 Å². The summed E-state index contributed by atoms with van der Waals surface area (Å²) in [5.41, 5.74) is 4.70. The van der Waals surface area contributed by atoms with Crippen LogP contribution in [0.5, 0.6) is 5.75 Å². The molecule has 3 aromatic rings. The third-order valence-corrected chi connectivity index (χ3v) is 9.05. The summed E-state index contributed by atoms with van der Waals surface area (Å²) in [6, 6.07) is 17.4. The number of unbranched alkanes of at least 4 members (excludes halogenated alkanes) is 2. The first kappa shape index (κ1) is 34.6. The Bertz CT molecular complexity index is 1320. The molecule has 244 valence electrons. The molecule has 3 aromatic carbocycles. The number of nitrogens with one attached hydrogen (secondary N) is 1. The fourth-order valence-electron chi connectivity index (χ4n) is 6.45. The number of carbonyl (C=O) groups is 1. The molecule has 1 atom stereocenters. The van der Waals surface area contributed by atoms with Crippen LogP contribution in [-0.4, -0.2) is 44.1 Å². The first-order chi connectivity index (χ1) is 21.3. The van der Waals surface area contributed by atoms with E-state index in [4.69, 9.17) is 4.74 Å². The van der Waals surface area contributed by atoms with Crippen LogP contribution in [-0.2, 0) is 10.8 Å². The summed E-state index contributed by atoms with van der Waals surface area (Å²) in [6.07, 6.45) is 5.10. The third kappa shape index (κ3) is 9.16. The zero-order chi connectivity index (χ0) is 32.8. The topological polar surface area (TPSA) is 41.6 Å². The van der Waals surface area contributed by atoms with Crippen LogP contribution in [0.2, 0.25) is 0 Å². The SMILES string of the molecule is COc1c(C(C)(C)C)cc(C(=O)N2CC[C@@H](CNCCCCCC(c3ccc(F)cc3)c3ccc(F)cc3)C2)cc1C(C)(C)C. The predicted octanol–water partition coefficient (Wildman–Crippen LogP) is 9.01. The largest absolute Gasteiger partial charge is 0.496 e. The maximum atomic E-state index is 13.7. The summed E-state index contributed by atoms with van der Waals surface area (Å²) in [7, 11) is 1.72. The van der Waals surface area contributed by atoms with Gasteiger partial charge in [-0.25, -0.2) is 8.78 Å². The van der Waals surface area contributed by atoms with Crippen molar-refractivity contribution in [3.8, 4) is 5.75 Å². The molecule has 1 heterocycles. The minimum atomic E-state index is -0.248. The van der Waals surface area contributed by atoms with Crippen LogP contribution in [0.4, 0.5) is 8.78 Å². The van der Waals surface area contributed by atoms with E-state index < -0.39 is 0 Å². The third-order valence-electron chi connectivity index (χ3n) is 9.05. The zero-order valence-electron chi connectivity index (χ0n) is 28.3. The minimum absolute atomic E-state index is 0.105. The first-order valence-electron chi connectivity index (χ1n) is 16.5. The fourth-order valence-corrected chi connectivity index (χ4v) is 6.45. The van der Waals surface area contributed by atoms with Crippen LogP contribution >= 0.6 is 0 Å². The quantitative estimate of drug-likeness (QED) is 0.206. The van der Waals surface area contributed by atoms with Gasteiger partial charge >= 0.3 is 0 Å². The van der Waals surface area contributed by atoms with Gasteiger partial charge in [0.1, 0.15) is 17.4 Å². The number of halogens is 2. The summed E-state index contributed by atoms with van der Waals surface area (Å²) in [4.78, 5) is 15.7. The van der Waals surface area contributed by atoms with Crippen LogP contribution in [0.3, 0.4) is 0 Å². The Balaban J connectivity index is 1.26. The van der Waals surface area contributed by atoms with E-state index in [1.165, 1.54) is 24.3 Å². The molecule has 45 heavy (non-hydrogen) atoms. The lowest BCUT2D eigenvalue weighted by molar-refractivity contribution is 0.0786. The summed E-state index contributed by atoms with van der Waals surface area (Å²) >= 11 is 0. The molecule has 1 aliphatic rings. The van der Waals surface area contributed by atoms with E-state index in [-0.39, 0.29) is 34.3 Å². The van der Waals surface area contributed by atoms with Crippen LogP contribution in [0.15, 0.2) is 60.7 Å². The van der Waals surface area contributed by atoms with Crippen molar-refractivity contribution in [1.82, 2.24) is 10.2 Å². The molecule has 0 radical (unpaired) electrons. The van der Waals surface area contributed by atoms with Crippen LogP contribution in [0.1, 0.15) is 112 Å². The van der Waals surface area contributed by atoms with Gasteiger partial charge in [-0.3, -0.25) is 4.79 Å². The summed E-state index contributed by atoms with van der Waals surface area (Å²) in [5, 5.41) is 3.63. The van der Waals surface area contributed by atoms with Gasteiger partial charge in [0.25, 0.3) is 5.91 Å². The molecule has 1 amide bonds. The van der Waals surface area contributed by atoms with Crippen molar-refractivity contribution in [2.75, 3.05) is 33.3 Å². The van der Waals surface area contributed by atoms with Gasteiger partial charge in [0.2, 0.25) is 0 Å². The van der Waals surface area contributed by atoms with E-state index in [9.17, 15) is 13.6 Å². The second-order valence-corrected chi connectivity index (χ2v) is 14.7. The summed E-state index contributed by atoms with van der Waals surface area (Å²) in [5.74, 6) is 1.05. The molecule has 4 rings (SSSR count). The molecule has 1 saturated heterocycles. The number of amides is 1. The normalized spacial score (nSPS) is 15.6. The average molecular weight is 619 g/mol. The second kappa shape index (κ2) is 14.9. The van der Waals surface area contributed by atoms with E-state index in [1.807, 2.05) is 41.3 Å². The molecule has 0 aromatic heterocycles. The minimum Gasteiger partial charge on any atom is -0.496 e. The smallest absolute Gasteiger partial charge is 0.253 e. The predicted molar refractivity (Wildman–Crippen MR) is 180 cm³/mol. The van der Waals surface area contributed by atoms with Crippen molar-refractivity contribution >= 4 is 5.91 Å². The van der Waals surface area contributed by atoms with Crippen molar-refractivity contribution in [1.29, 1.82) is 0 Å². The highest BCUT2D eigenvalue weighted by molar-refractivity contribution is 5.95. The lowest BCUT2D eigenvalue weighted by Crippen LogP contribution is -2.32. The van der Waals surface area contributed by atoms with E-state index in [0.717, 1.165) is 91.8 Å². The number of ether oxygens (including phenoxy) is 1. The van der Waals surface area contributed by atoms with Crippen molar-refractivity contribution in [2.45, 2.75) is 90.4 Å². The Morgan fingerprint density at radius 3 is 1.89 bits per heavy atom. The first-order valence-corrected chi connectivity index (χ1v) is 16.5. The molecule has 0 spiro atoms. The molecule has 4 nitrogen and oxygen atoms in total. The van der Waals surface area contributed by atoms with Gasteiger partial charge in [0.15, 0.2) is 0 Å². The molecular weight excluding hydrogens is 566 g/mol. The van der Waals surface area contributed by atoms with E-state index in [0.29, 0.717) is 5.92 Å². The van der Waals surface area contributed by atoms with Gasteiger partial charge < -0.3 is 15.0 Å². The number of carbonyl (C=O) groups excluding carboxylic acids is 1. The molecule has 1 N–H and O–H groups in total. The van der Waals surface area contributed by atoms with Gasteiger partial charge in [-0.1, -0.05) is 78.6 Å². The fraction of sp³-hybridized carbons (Fsp3) is 0.513. The maximum absolute atomic E-state index is 13.7. The molecule has 0 saturated carbocycles. The molecule has 0 aliphatic carbocycles. The number of methoxy groups -OCH3 is 1. The monoisotopic (exact) mass is 618 g/mol. The van der Waals surface area contributed by atoms with Crippen molar-refractivity contribution in [3.63, 3.8) is 0 Å². The molecule has 0 unspecified atom stereocenters. The second-order valence-electron chi connectivity index (χ2n) is 14.7. The number of rotatable bonds is 12. The van der Waals surface area contributed by atoms with Gasteiger partial charge in [-0.05, 0) is 96.6 Å². The van der Waals surface area contributed by atoms with Crippen molar-refractivity contribution < 1.29 is 18.3 Å². The van der Waals surface area contributed by atoms with Crippen molar-refractivity contribution in [3.05, 3.63) is 100 Å². The maximum Gasteiger partial charge on any atom is 0.253 e. The zero-order valence-corrected chi connectivity index (χ0v) is 28.3. The van der Waals surface area contributed by atoms with E-state index >= 15 is 0 Å². The molecule has 0 bridgehead atoms. The average Bonchev–Trinajstić information content (AvgIpc) is 3.47. The highest BCUT2D eigenvalue weighted by atomic mass is 19.1. The highest BCUT2D eigenvalue weighted by Gasteiger charge is 2.32. The molecule has 1 fully saturated rings. The van der Waals surface area contributed by atoms with Gasteiger partial charge in [0, 0.05) is 35.7 Å². The summed E-state index contributed by atoms with van der Waals surface area (Å²) in [6.45, 7) is 16.4. The van der Waals surface area contributed by atoms with E-state index in [1.54, 1.807) is 7.11 Å².